The fraction of sp³-hybridized carbons (Fsp3) is 0.300. The molecule has 0 aliphatic rings. The van der Waals surface area contributed by atoms with Gasteiger partial charge in [-0.25, -0.2) is 4.99 Å². The number of halogens is 1. The molecule has 0 bridgehead atoms. The van der Waals surface area contributed by atoms with E-state index in [1.165, 1.54) is 17.7 Å². The van der Waals surface area contributed by atoms with Gasteiger partial charge in [-0.3, -0.25) is 4.79 Å². The number of phenols is 1. The average Bonchev–Trinajstić information content (AvgIpc) is 2.66. The van der Waals surface area contributed by atoms with Gasteiger partial charge >= 0.3 is 0 Å². The number of carbonyl (C=O) groups is 1. The number of hydrogen-bond acceptors (Lipinski definition) is 4. The maximum atomic E-state index is 12.0. The summed E-state index contributed by atoms with van der Waals surface area (Å²) in [5.74, 6) is 1.27. The zero-order chi connectivity index (χ0) is 19.5. The highest BCUT2D eigenvalue weighted by Gasteiger charge is 2.03. The van der Waals surface area contributed by atoms with Crippen molar-refractivity contribution in [2.45, 2.75) is 13.8 Å². The molecule has 0 aromatic heterocycles. The minimum absolute atomic E-state index is 0. The van der Waals surface area contributed by atoms with E-state index >= 15 is 0 Å². The van der Waals surface area contributed by atoms with Gasteiger partial charge in [0.05, 0.1) is 6.54 Å². The molecule has 152 valence electrons. The smallest absolute Gasteiger partial charge is 0.246 e. The Kier molecular flexibility index (Phi) is 10.8. The fourth-order valence-electron chi connectivity index (χ4n) is 2.21. The van der Waals surface area contributed by atoms with Crippen molar-refractivity contribution >= 4 is 41.5 Å². The van der Waals surface area contributed by atoms with Crippen LogP contribution in [0.25, 0.3) is 0 Å². The first-order chi connectivity index (χ1) is 13.1. The Labute approximate surface area is 182 Å². The van der Waals surface area contributed by atoms with Crippen LogP contribution in [0.4, 0.5) is 5.69 Å². The van der Waals surface area contributed by atoms with Crippen molar-refractivity contribution in [3.8, 4) is 11.5 Å². The summed E-state index contributed by atoms with van der Waals surface area (Å²) < 4.78 is 5.66. The van der Waals surface area contributed by atoms with Gasteiger partial charge in [0.2, 0.25) is 5.91 Å². The Morgan fingerprint density at radius 2 is 1.75 bits per heavy atom. The first kappa shape index (κ1) is 23.5. The molecule has 1 amide bonds. The number of aryl methyl sites for hydroxylation is 1. The monoisotopic (exact) mass is 498 g/mol. The van der Waals surface area contributed by atoms with Crippen molar-refractivity contribution in [2.75, 3.05) is 31.6 Å². The number of benzene rings is 2. The summed E-state index contributed by atoms with van der Waals surface area (Å²) in [5, 5.41) is 18.2. The first-order valence-corrected chi connectivity index (χ1v) is 8.87. The normalized spacial score (nSPS) is 10.6. The van der Waals surface area contributed by atoms with Crippen molar-refractivity contribution in [1.82, 2.24) is 10.6 Å². The number of amides is 1. The third-order valence-corrected chi connectivity index (χ3v) is 3.56. The second-order valence-electron chi connectivity index (χ2n) is 5.88. The molecule has 0 heterocycles. The number of anilines is 1. The number of nitrogens with zero attached hydrogens (tertiary/aromatic N) is 1. The van der Waals surface area contributed by atoms with Gasteiger partial charge < -0.3 is 25.8 Å². The SMILES string of the molecule is CCNC(=NCC(=O)Nc1ccc(O)cc1)NCCOc1ccc(C)cc1.I. The van der Waals surface area contributed by atoms with Crippen molar-refractivity contribution in [1.29, 1.82) is 0 Å². The summed E-state index contributed by atoms with van der Waals surface area (Å²) in [6.07, 6.45) is 0. The van der Waals surface area contributed by atoms with Crippen LogP contribution < -0.4 is 20.7 Å². The van der Waals surface area contributed by atoms with Gasteiger partial charge in [0, 0.05) is 12.2 Å². The molecule has 0 spiro atoms. The molecule has 28 heavy (non-hydrogen) atoms. The van der Waals surface area contributed by atoms with Crippen LogP contribution in [0.15, 0.2) is 53.5 Å². The predicted molar refractivity (Wildman–Crippen MR) is 123 cm³/mol. The van der Waals surface area contributed by atoms with E-state index in [0.29, 0.717) is 31.3 Å². The third kappa shape index (κ3) is 8.94. The number of ether oxygens (including phenoxy) is 1. The lowest BCUT2D eigenvalue weighted by atomic mass is 10.2. The zero-order valence-electron chi connectivity index (χ0n) is 16.1. The Morgan fingerprint density at radius 1 is 1.07 bits per heavy atom. The summed E-state index contributed by atoms with van der Waals surface area (Å²) >= 11 is 0. The van der Waals surface area contributed by atoms with Gasteiger partial charge in [0.1, 0.15) is 24.7 Å². The number of carbonyl (C=O) groups excluding carboxylic acids is 1. The van der Waals surface area contributed by atoms with Gasteiger partial charge in [-0.15, -0.1) is 24.0 Å². The predicted octanol–water partition coefficient (Wildman–Crippen LogP) is 2.89. The number of nitrogens with one attached hydrogen (secondary N) is 3. The summed E-state index contributed by atoms with van der Waals surface area (Å²) in [6.45, 7) is 5.69. The van der Waals surface area contributed by atoms with Crippen molar-refractivity contribution in [3.05, 3.63) is 54.1 Å². The summed E-state index contributed by atoms with van der Waals surface area (Å²) in [5.41, 5.74) is 1.80. The van der Waals surface area contributed by atoms with Crippen LogP contribution >= 0.6 is 24.0 Å². The van der Waals surface area contributed by atoms with E-state index in [-0.39, 0.29) is 42.2 Å². The number of hydrogen-bond donors (Lipinski definition) is 4. The molecule has 0 saturated carbocycles. The zero-order valence-corrected chi connectivity index (χ0v) is 18.4. The summed E-state index contributed by atoms with van der Waals surface area (Å²) in [4.78, 5) is 16.2. The Hall–Kier alpha value is -2.49. The van der Waals surface area contributed by atoms with E-state index in [1.54, 1.807) is 12.1 Å². The molecule has 2 aromatic rings. The van der Waals surface area contributed by atoms with Gasteiger partial charge in [0.15, 0.2) is 5.96 Å². The van der Waals surface area contributed by atoms with Crippen LogP contribution in [0.3, 0.4) is 0 Å². The average molecular weight is 498 g/mol. The molecule has 0 aliphatic heterocycles. The maximum Gasteiger partial charge on any atom is 0.246 e. The van der Waals surface area contributed by atoms with Gasteiger partial charge in [0.25, 0.3) is 0 Å². The highest BCUT2D eigenvalue weighted by atomic mass is 127. The number of aliphatic imine (C=N–C) groups is 1. The van der Waals surface area contributed by atoms with Crippen LogP contribution in [0.1, 0.15) is 12.5 Å². The highest BCUT2D eigenvalue weighted by Crippen LogP contribution is 2.13. The largest absolute Gasteiger partial charge is 0.508 e. The van der Waals surface area contributed by atoms with E-state index in [9.17, 15) is 9.90 Å². The highest BCUT2D eigenvalue weighted by molar-refractivity contribution is 14.0. The minimum Gasteiger partial charge on any atom is -0.508 e. The molecule has 0 fully saturated rings. The van der Waals surface area contributed by atoms with E-state index in [2.05, 4.69) is 20.9 Å². The molecule has 2 aromatic carbocycles. The number of aromatic hydroxyl groups is 1. The second-order valence-corrected chi connectivity index (χ2v) is 5.88. The molecular formula is C20H27IN4O3. The third-order valence-electron chi connectivity index (χ3n) is 3.56. The summed E-state index contributed by atoms with van der Waals surface area (Å²) in [6, 6.07) is 14.1. The summed E-state index contributed by atoms with van der Waals surface area (Å²) in [7, 11) is 0. The topological polar surface area (TPSA) is 95.0 Å². The second kappa shape index (κ2) is 12.8. The Bertz CT molecular complexity index is 749. The standard InChI is InChI=1S/C20H26N4O3.HI/c1-3-21-20(22-12-13-27-18-10-4-15(2)5-11-18)23-14-19(26)24-16-6-8-17(25)9-7-16;/h4-11,25H,3,12-14H2,1-2H3,(H,24,26)(H2,21,22,23);1H. The van der Waals surface area contributed by atoms with Crippen LogP contribution in [0.2, 0.25) is 0 Å². The molecule has 0 aliphatic carbocycles. The lowest BCUT2D eigenvalue weighted by molar-refractivity contribution is -0.114. The lowest BCUT2D eigenvalue weighted by Gasteiger charge is -2.12. The number of phenolic OH excluding ortho intramolecular Hbond substituents is 1. The molecule has 4 N–H and O–H groups in total. The Balaban J connectivity index is 0.00000392. The molecule has 0 atom stereocenters. The van der Waals surface area contributed by atoms with Gasteiger partial charge in [-0.2, -0.15) is 0 Å². The lowest BCUT2D eigenvalue weighted by Crippen LogP contribution is -2.39. The van der Waals surface area contributed by atoms with Gasteiger partial charge in [-0.05, 0) is 50.2 Å². The van der Waals surface area contributed by atoms with Crippen molar-refractivity contribution < 1.29 is 14.6 Å². The quantitative estimate of drug-likeness (QED) is 0.148. The van der Waals surface area contributed by atoms with Crippen molar-refractivity contribution in [2.24, 2.45) is 4.99 Å². The first-order valence-electron chi connectivity index (χ1n) is 8.87. The van der Waals surface area contributed by atoms with Crippen LogP contribution in [0, 0.1) is 6.92 Å². The molecule has 8 heteroatoms. The molecular weight excluding hydrogens is 471 g/mol. The maximum absolute atomic E-state index is 12.0. The van der Waals surface area contributed by atoms with Crippen LogP contribution in [-0.2, 0) is 4.79 Å². The van der Waals surface area contributed by atoms with E-state index in [4.69, 9.17) is 4.74 Å². The van der Waals surface area contributed by atoms with Crippen molar-refractivity contribution in [3.63, 3.8) is 0 Å². The van der Waals surface area contributed by atoms with Gasteiger partial charge in [-0.1, -0.05) is 17.7 Å². The Morgan fingerprint density at radius 3 is 2.39 bits per heavy atom. The van der Waals surface area contributed by atoms with E-state index < -0.39 is 0 Å². The molecule has 0 saturated heterocycles. The fourth-order valence-corrected chi connectivity index (χ4v) is 2.21. The minimum atomic E-state index is -0.242. The number of rotatable bonds is 8. The molecule has 2 rings (SSSR count). The molecule has 7 nitrogen and oxygen atoms in total. The van der Waals surface area contributed by atoms with E-state index in [1.807, 2.05) is 38.1 Å². The molecule has 0 radical (unpaired) electrons. The van der Waals surface area contributed by atoms with Crippen LogP contribution in [0.5, 0.6) is 11.5 Å². The number of guanidine groups is 1. The van der Waals surface area contributed by atoms with E-state index in [0.717, 1.165) is 5.75 Å². The van der Waals surface area contributed by atoms with Crippen LogP contribution in [-0.4, -0.2) is 43.2 Å². The molecule has 0 unspecified atom stereocenters.